The van der Waals surface area contributed by atoms with Gasteiger partial charge < -0.3 is 15.8 Å². The molecule has 0 aromatic heterocycles. The summed E-state index contributed by atoms with van der Waals surface area (Å²) in [5.41, 5.74) is 5.79. The Morgan fingerprint density at radius 1 is 1.24 bits per heavy atom. The predicted octanol–water partition coefficient (Wildman–Crippen LogP) is 1.05. The van der Waals surface area contributed by atoms with Crippen LogP contribution in [0, 0.1) is 11.8 Å². The van der Waals surface area contributed by atoms with Gasteiger partial charge in [0.1, 0.15) is 0 Å². The molecule has 4 nitrogen and oxygen atoms in total. The predicted molar refractivity (Wildman–Crippen MR) is 66.5 cm³/mol. The lowest BCUT2D eigenvalue weighted by Crippen LogP contribution is -2.47. The SMILES string of the molecule is NCC(NC(=O)C1CCOCC1)C1CCCC1. The van der Waals surface area contributed by atoms with Gasteiger partial charge in [-0.3, -0.25) is 4.79 Å². The van der Waals surface area contributed by atoms with E-state index in [0.29, 0.717) is 12.5 Å². The molecule has 2 aliphatic rings. The van der Waals surface area contributed by atoms with Crippen molar-refractivity contribution in [3.8, 4) is 0 Å². The van der Waals surface area contributed by atoms with Gasteiger partial charge in [-0.1, -0.05) is 12.8 Å². The number of hydrogen-bond acceptors (Lipinski definition) is 3. The van der Waals surface area contributed by atoms with Gasteiger partial charge in [-0.2, -0.15) is 0 Å². The standard InChI is InChI=1S/C13H24N2O2/c14-9-12(10-3-1-2-4-10)15-13(16)11-5-7-17-8-6-11/h10-12H,1-9,14H2,(H,15,16). The third kappa shape index (κ3) is 3.42. The van der Waals surface area contributed by atoms with Gasteiger partial charge in [0, 0.05) is 31.7 Å². The van der Waals surface area contributed by atoms with Crippen molar-refractivity contribution in [1.82, 2.24) is 5.32 Å². The lowest BCUT2D eigenvalue weighted by Gasteiger charge is -2.27. The molecule has 1 unspecified atom stereocenters. The normalized spacial score (nSPS) is 24.8. The van der Waals surface area contributed by atoms with E-state index in [4.69, 9.17) is 10.5 Å². The molecule has 0 bridgehead atoms. The van der Waals surface area contributed by atoms with Crippen molar-refractivity contribution in [2.24, 2.45) is 17.6 Å². The number of carbonyl (C=O) groups is 1. The Hall–Kier alpha value is -0.610. The highest BCUT2D eigenvalue weighted by atomic mass is 16.5. The van der Waals surface area contributed by atoms with Crippen LogP contribution in [0.2, 0.25) is 0 Å². The molecule has 1 atom stereocenters. The minimum absolute atomic E-state index is 0.138. The largest absolute Gasteiger partial charge is 0.381 e. The molecule has 0 spiro atoms. The molecule has 1 aliphatic carbocycles. The highest BCUT2D eigenvalue weighted by Gasteiger charge is 2.28. The molecule has 3 N–H and O–H groups in total. The van der Waals surface area contributed by atoms with Gasteiger partial charge in [0.2, 0.25) is 5.91 Å². The molecule has 0 aromatic rings. The first-order valence-corrected chi connectivity index (χ1v) is 6.89. The summed E-state index contributed by atoms with van der Waals surface area (Å²) in [4.78, 5) is 12.1. The minimum Gasteiger partial charge on any atom is -0.381 e. The average molecular weight is 240 g/mol. The Morgan fingerprint density at radius 2 is 1.88 bits per heavy atom. The molecule has 1 amide bonds. The molecule has 0 aromatic carbocycles. The van der Waals surface area contributed by atoms with Gasteiger partial charge in [-0.15, -0.1) is 0 Å². The van der Waals surface area contributed by atoms with Crippen LogP contribution >= 0.6 is 0 Å². The summed E-state index contributed by atoms with van der Waals surface area (Å²) in [6.07, 6.45) is 6.72. The lowest BCUT2D eigenvalue weighted by molar-refractivity contribution is -0.128. The average Bonchev–Trinajstić information content (AvgIpc) is 2.90. The van der Waals surface area contributed by atoms with Crippen molar-refractivity contribution >= 4 is 5.91 Å². The molecule has 4 heteroatoms. The van der Waals surface area contributed by atoms with Gasteiger partial charge in [0.25, 0.3) is 0 Å². The van der Waals surface area contributed by atoms with Crippen LogP contribution in [0.25, 0.3) is 0 Å². The van der Waals surface area contributed by atoms with Crippen LogP contribution in [0.4, 0.5) is 0 Å². The van der Waals surface area contributed by atoms with Gasteiger partial charge in [-0.25, -0.2) is 0 Å². The van der Waals surface area contributed by atoms with Crippen molar-refractivity contribution in [1.29, 1.82) is 0 Å². The van der Waals surface area contributed by atoms with Crippen LogP contribution < -0.4 is 11.1 Å². The van der Waals surface area contributed by atoms with E-state index >= 15 is 0 Å². The third-order valence-corrected chi connectivity index (χ3v) is 4.14. The van der Waals surface area contributed by atoms with E-state index in [1.807, 2.05) is 0 Å². The van der Waals surface area contributed by atoms with Crippen LogP contribution in [0.3, 0.4) is 0 Å². The Balaban J connectivity index is 1.82. The second kappa shape index (κ2) is 6.36. The maximum Gasteiger partial charge on any atom is 0.223 e. The molecule has 17 heavy (non-hydrogen) atoms. The first-order valence-electron chi connectivity index (χ1n) is 6.89. The van der Waals surface area contributed by atoms with Crippen LogP contribution in [-0.4, -0.2) is 31.7 Å². The first-order chi connectivity index (χ1) is 8.31. The summed E-state index contributed by atoms with van der Waals surface area (Å²) >= 11 is 0. The zero-order valence-electron chi connectivity index (χ0n) is 10.5. The molecule has 2 rings (SSSR count). The Kier molecular flexibility index (Phi) is 4.80. The quantitative estimate of drug-likeness (QED) is 0.772. The molecular formula is C13H24N2O2. The van der Waals surface area contributed by atoms with Crippen LogP contribution in [0.15, 0.2) is 0 Å². The minimum atomic E-state index is 0.138. The fraction of sp³-hybridized carbons (Fsp3) is 0.923. The van der Waals surface area contributed by atoms with Crippen molar-refractivity contribution < 1.29 is 9.53 Å². The lowest BCUT2D eigenvalue weighted by atomic mass is 9.95. The Labute approximate surface area is 103 Å². The summed E-state index contributed by atoms with van der Waals surface area (Å²) in [6.45, 7) is 2.00. The zero-order valence-corrected chi connectivity index (χ0v) is 10.5. The molecule has 0 radical (unpaired) electrons. The van der Waals surface area contributed by atoms with Gasteiger partial charge in [-0.05, 0) is 31.6 Å². The zero-order chi connectivity index (χ0) is 12.1. The number of amides is 1. The molecule has 1 aliphatic heterocycles. The second-order valence-electron chi connectivity index (χ2n) is 5.28. The van der Waals surface area contributed by atoms with E-state index < -0.39 is 0 Å². The maximum absolute atomic E-state index is 12.1. The summed E-state index contributed by atoms with van der Waals surface area (Å²) in [5, 5.41) is 3.16. The molecule has 98 valence electrons. The van der Waals surface area contributed by atoms with Gasteiger partial charge in [0.15, 0.2) is 0 Å². The summed E-state index contributed by atoms with van der Waals surface area (Å²) < 4.78 is 5.28. The fourth-order valence-corrected chi connectivity index (χ4v) is 2.99. The fourth-order valence-electron chi connectivity index (χ4n) is 2.99. The van der Waals surface area contributed by atoms with Crippen LogP contribution in [-0.2, 0) is 9.53 Å². The number of nitrogens with two attached hydrogens (primary N) is 1. The van der Waals surface area contributed by atoms with Gasteiger partial charge in [0.05, 0.1) is 0 Å². The smallest absolute Gasteiger partial charge is 0.223 e. The highest BCUT2D eigenvalue weighted by molar-refractivity contribution is 5.79. The summed E-state index contributed by atoms with van der Waals surface area (Å²) in [5.74, 6) is 0.929. The summed E-state index contributed by atoms with van der Waals surface area (Å²) in [7, 11) is 0. The molecule has 1 saturated heterocycles. The highest BCUT2D eigenvalue weighted by Crippen LogP contribution is 2.27. The van der Waals surface area contributed by atoms with E-state index in [1.165, 1.54) is 25.7 Å². The van der Waals surface area contributed by atoms with Crippen molar-refractivity contribution in [3.05, 3.63) is 0 Å². The van der Waals surface area contributed by atoms with Crippen molar-refractivity contribution in [2.45, 2.75) is 44.6 Å². The monoisotopic (exact) mass is 240 g/mol. The van der Waals surface area contributed by atoms with Crippen molar-refractivity contribution in [2.75, 3.05) is 19.8 Å². The topological polar surface area (TPSA) is 64.3 Å². The number of ether oxygens (including phenoxy) is 1. The first kappa shape index (κ1) is 12.8. The van der Waals surface area contributed by atoms with Crippen molar-refractivity contribution in [3.63, 3.8) is 0 Å². The molecule has 1 heterocycles. The number of carbonyl (C=O) groups excluding carboxylic acids is 1. The van der Waals surface area contributed by atoms with Gasteiger partial charge >= 0.3 is 0 Å². The number of rotatable bonds is 4. The maximum atomic E-state index is 12.1. The molecule has 2 fully saturated rings. The van der Waals surface area contributed by atoms with E-state index in [-0.39, 0.29) is 17.9 Å². The Bertz CT molecular complexity index is 246. The second-order valence-corrected chi connectivity index (χ2v) is 5.28. The number of hydrogen-bond donors (Lipinski definition) is 2. The van der Waals surface area contributed by atoms with Crippen LogP contribution in [0.5, 0.6) is 0 Å². The Morgan fingerprint density at radius 3 is 2.47 bits per heavy atom. The van der Waals surface area contributed by atoms with E-state index in [1.54, 1.807) is 0 Å². The third-order valence-electron chi connectivity index (χ3n) is 4.14. The van der Waals surface area contributed by atoms with E-state index in [2.05, 4.69) is 5.32 Å². The summed E-state index contributed by atoms with van der Waals surface area (Å²) in [6, 6.07) is 0.188. The van der Waals surface area contributed by atoms with Crippen LogP contribution in [0.1, 0.15) is 38.5 Å². The van der Waals surface area contributed by atoms with E-state index in [0.717, 1.165) is 26.1 Å². The molecule has 1 saturated carbocycles. The van der Waals surface area contributed by atoms with E-state index in [9.17, 15) is 4.79 Å². The number of nitrogens with one attached hydrogen (secondary N) is 1. The molecular weight excluding hydrogens is 216 g/mol.